The van der Waals surface area contributed by atoms with Crippen LogP contribution in [0.4, 0.5) is 5.69 Å². The summed E-state index contributed by atoms with van der Waals surface area (Å²) in [5.41, 5.74) is 2.43. The van der Waals surface area contributed by atoms with Gasteiger partial charge in [-0.2, -0.15) is 0 Å². The van der Waals surface area contributed by atoms with E-state index in [1.165, 1.54) is 0 Å². The third kappa shape index (κ3) is 2.25. The van der Waals surface area contributed by atoms with Gasteiger partial charge in [-0.25, -0.2) is 4.79 Å². The number of benzene rings is 1. The smallest absolute Gasteiger partial charge is 0.335 e. The highest BCUT2D eigenvalue weighted by Gasteiger charge is 2.06. The quantitative estimate of drug-likeness (QED) is 0.771. The van der Waals surface area contributed by atoms with E-state index in [4.69, 9.17) is 5.11 Å². The van der Waals surface area contributed by atoms with Crippen LogP contribution in [-0.2, 0) is 6.42 Å². The summed E-state index contributed by atoms with van der Waals surface area (Å²) in [6, 6.07) is 5.17. The van der Waals surface area contributed by atoms with Crippen LogP contribution in [0.2, 0.25) is 0 Å². The van der Waals surface area contributed by atoms with E-state index >= 15 is 0 Å². The average Bonchev–Trinajstić information content (AvgIpc) is 2.18. The molecule has 0 amide bonds. The second kappa shape index (κ2) is 4.65. The molecular weight excluding hydrogens is 178 g/mol. The maximum atomic E-state index is 10.7. The molecule has 0 spiro atoms. The molecule has 3 nitrogen and oxygen atoms in total. The van der Waals surface area contributed by atoms with Crippen molar-refractivity contribution >= 4 is 11.7 Å². The topological polar surface area (TPSA) is 49.3 Å². The Bertz CT molecular complexity index is 334. The maximum Gasteiger partial charge on any atom is 0.335 e. The van der Waals surface area contributed by atoms with Crippen LogP contribution in [0.3, 0.4) is 0 Å². The van der Waals surface area contributed by atoms with Crippen LogP contribution >= 0.6 is 0 Å². The van der Waals surface area contributed by atoms with Gasteiger partial charge in [-0.05, 0) is 37.1 Å². The summed E-state index contributed by atoms with van der Waals surface area (Å²) in [6.45, 7) is 4.88. The summed E-state index contributed by atoms with van der Waals surface area (Å²) >= 11 is 0. The molecule has 0 saturated carbocycles. The zero-order valence-electron chi connectivity index (χ0n) is 8.50. The minimum Gasteiger partial charge on any atom is -0.478 e. The number of rotatable bonds is 4. The van der Waals surface area contributed by atoms with E-state index in [-0.39, 0.29) is 0 Å². The third-order valence-electron chi connectivity index (χ3n) is 2.10. The standard InChI is InChI=1S/C11H15NO2/c1-3-8-7-9(11(13)14)5-6-10(8)12-4-2/h5-7,12H,3-4H2,1-2H3,(H,13,14). The number of hydrogen-bond acceptors (Lipinski definition) is 2. The molecule has 0 bridgehead atoms. The van der Waals surface area contributed by atoms with Crippen molar-refractivity contribution in [2.24, 2.45) is 0 Å². The Balaban J connectivity index is 3.04. The van der Waals surface area contributed by atoms with Crippen LogP contribution < -0.4 is 5.32 Å². The number of hydrogen-bond donors (Lipinski definition) is 2. The SMILES string of the molecule is CCNc1ccc(C(=O)O)cc1CC. The number of carbonyl (C=O) groups is 1. The lowest BCUT2D eigenvalue weighted by atomic mass is 10.1. The van der Waals surface area contributed by atoms with Crippen LogP contribution in [-0.4, -0.2) is 17.6 Å². The Kier molecular flexibility index (Phi) is 3.51. The van der Waals surface area contributed by atoms with Crippen molar-refractivity contribution in [3.8, 4) is 0 Å². The first kappa shape index (κ1) is 10.6. The largest absolute Gasteiger partial charge is 0.478 e. The van der Waals surface area contributed by atoms with E-state index in [9.17, 15) is 4.79 Å². The maximum absolute atomic E-state index is 10.7. The second-order valence-corrected chi connectivity index (χ2v) is 3.06. The van der Waals surface area contributed by atoms with Crippen LogP contribution in [0.25, 0.3) is 0 Å². The van der Waals surface area contributed by atoms with Gasteiger partial charge in [-0.15, -0.1) is 0 Å². The molecule has 0 aliphatic heterocycles. The van der Waals surface area contributed by atoms with E-state index in [1.54, 1.807) is 12.1 Å². The number of nitrogens with one attached hydrogen (secondary N) is 1. The number of aromatic carboxylic acids is 1. The van der Waals surface area contributed by atoms with E-state index in [0.717, 1.165) is 24.2 Å². The molecule has 0 radical (unpaired) electrons. The highest BCUT2D eigenvalue weighted by atomic mass is 16.4. The zero-order chi connectivity index (χ0) is 10.6. The molecule has 1 aromatic rings. The summed E-state index contributed by atoms with van der Waals surface area (Å²) < 4.78 is 0. The van der Waals surface area contributed by atoms with Crippen molar-refractivity contribution < 1.29 is 9.90 Å². The average molecular weight is 193 g/mol. The molecule has 14 heavy (non-hydrogen) atoms. The molecule has 0 unspecified atom stereocenters. The van der Waals surface area contributed by atoms with E-state index in [0.29, 0.717) is 5.56 Å². The molecule has 0 aromatic heterocycles. The third-order valence-corrected chi connectivity index (χ3v) is 2.10. The van der Waals surface area contributed by atoms with Crippen molar-refractivity contribution in [3.05, 3.63) is 29.3 Å². The van der Waals surface area contributed by atoms with Crippen molar-refractivity contribution in [2.45, 2.75) is 20.3 Å². The van der Waals surface area contributed by atoms with Gasteiger partial charge in [0.15, 0.2) is 0 Å². The van der Waals surface area contributed by atoms with Crippen molar-refractivity contribution in [1.82, 2.24) is 0 Å². The fourth-order valence-electron chi connectivity index (χ4n) is 1.38. The number of anilines is 1. The fourth-order valence-corrected chi connectivity index (χ4v) is 1.38. The number of carboxylic acid groups (broad SMARTS) is 1. The highest BCUT2D eigenvalue weighted by molar-refractivity contribution is 5.88. The summed E-state index contributed by atoms with van der Waals surface area (Å²) in [5, 5.41) is 12.0. The Morgan fingerprint density at radius 1 is 1.43 bits per heavy atom. The second-order valence-electron chi connectivity index (χ2n) is 3.06. The van der Waals surface area contributed by atoms with Crippen molar-refractivity contribution in [1.29, 1.82) is 0 Å². The van der Waals surface area contributed by atoms with Gasteiger partial charge in [-0.3, -0.25) is 0 Å². The van der Waals surface area contributed by atoms with E-state index in [1.807, 2.05) is 19.9 Å². The van der Waals surface area contributed by atoms with Gasteiger partial charge in [0.2, 0.25) is 0 Å². The minimum atomic E-state index is -0.872. The first-order valence-electron chi connectivity index (χ1n) is 4.79. The lowest BCUT2D eigenvalue weighted by Crippen LogP contribution is -2.03. The molecular formula is C11H15NO2. The van der Waals surface area contributed by atoms with Crippen LogP contribution in [0.15, 0.2) is 18.2 Å². The molecule has 0 fully saturated rings. The lowest BCUT2D eigenvalue weighted by Gasteiger charge is -2.09. The van der Waals surface area contributed by atoms with Gasteiger partial charge in [-0.1, -0.05) is 6.92 Å². The van der Waals surface area contributed by atoms with Gasteiger partial charge >= 0.3 is 5.97 Å². The van der Waals surface area contributed by atoms with Crippen molar-refractivity contribution in [2.75, 3.05) is 11.9 Å². The van der Waals surface area contributed by atoms with Gasteiger partial charge in [0.25, 0.3) is 0 Å². The minimum absolute atomic E-state index is 0.350. The fraction of sp³-hybridized carbons (Fsp3) is 0.364. The summed E-state index contributed by atoms with van der Waals surface area (Å²) in [4.78, 5) is 10.7. The summed E-state index contributed by atoms with van der Waals surface area (Å²) in [5.74, 6) is -0.872. The monoisotopic (exact) mass is 193 g/mol. The number of aryl methyl sites for hydroxylation is 1. The molecule has 0 aliphatic rings. The predicted octanol–water partition coefficient (Wildman–Crippen LogP) is 2.38. The predicted molar refractivity (Wildman–Crippen MR) is 56.9 cm³/mol. The summed E-state index contributed by atoms with van der Waals surface area (Å²) in [6.07, 6.45) is 0.837. The molecule has 1 aromatic carbocycles. The Labute approximate surface area is 83.8 Å². The first-order chi connectivity index (χ1) is 6.69. The Morgan fingerprint density at radius 2 is 2.14 bits per heavy atom. The van der Waals surface area contributed by atoms with Crippen LogP contribution in [0.1, 0.15) is 29.8 Å². The first-order valence-corrected chi connectivity index (χ1v) is 4.79. The molecule has 0 heterocycles. The zero-order valence-corrected chi connectivity index (χ0v) is 8.50. The van der Waals surface area contributed by atoms with Gasteiger partial charge < -0.3 is 10.4 Å². The van der Waals surface area contributed by atoms with Gasteiger partial charge in [0.05, 0.1) is 5.56 Å². The van der Waals surface area contributed by atoms with E-state index in [2.05, 4.69) is 5.32 Å². The molecule has 0 aliphatic carbocycles. The van der Waals surface area contributed by atoms with Gasteiger partial charge in [0.1, 0.15) is 0 Å². The highest BCUT2D eigenvalue weighted by Crippen LogP contribution is 2.18. The normalized spacial score (nSPS) is 9.86. The van der Waals surface area contributed by atoms with Gasteiger partial charge in [0, 0.05) is 12.2 Å². The summed E-state index contributed by atoms with van der Waals surface area (Å²) in [7, 11) is 0. The molecule has 1 rings (SSSR count). The van der Waals surface area contributed by atoms with Crippen LogP contribution in [0, 0.1) is 0 Å². The molecule has 76 valence electrons. The number of carboxylic acids is 1. The Morgan fingerprint density at radius 3 is 2.64 bits per heavy atom. The molecule has 0 atom stereocenters. The molecule has 0 saturated heterocycles. The lowest BCUT2D eigenvalue weighted by molar-refractivity contribution is 0.0697. The van der Waals surface area contributed by atoms with Crippen molar-refractivity contribution in [3.63, 3.8) is 0 Å². The molecule has 2 N–H and O–H groups in total. The van der Waals surface area contributed by atoms with E-state index < -0.39 is 5.97 Å². The molecule has 3 heteroatoms. The van der Waals surface area contributed by atoms with Crippen LogP contribution in [0.5, 0.6) is 0 Å². The Hall–Kier alpha value is -1.51.